The third-order valence-corrected chi connectivity index (χ3v) is 4.09. The van der Waals surface area contributed by atoms with E-state index in [0.29, 0.717) is 13.0 Å². The molecular weight excluding hydrogens is 246 g/mol. The maximum atomic E-state index is 12.3. The summed E-state index contributed by atoms with van der Waals surface area (Å²) >= 11 is 0. The van der Waals surface area contributed by atoms with Crippen molar-refractivity contribution in [1.82, 2.24) is 4.90 Å². The molecule has 1 heterocycles. The van der Waals surface area contributed by atoms with E-state index in [4.69, 9.17) is 0 Å². The number of carbonyl (C=O) groups excluding carboxylic acids is 1. The second-order valence-electron chi connectivity index (χ2n) is 5.57. The van der Waals surface area contributed by atoms with Crippen LogP contribution in [0.3, 0.4) is 0 Å². The van der Waals surface area contributed by atoms with Crippen molar-refractivity contribution in [2.45, 2.75) is 45.1 Å². The number of hydrogen-bond acceptors (Lipinski definition) is 1. The molecule has 0 saturated heterocycles. The molecule has 0 aromatic heterocycles. The Bertz CT molecular complexity index is 542. The van der Waals surface area contributed by atoms with Gasteiger partial charge in [0, 0.05) is 12.1 Å². The van der Waals surface area contributed by atoms with Crippen LogP contribution in [0, 0.1) is 0 Å². The molecular formula is C18H21NO. The monoisotopic (exact) mass is 267 g/mol. The molecule has 0 spiro atoms. The summed E-state index contributed by atoms with van der Waals surface area (Å²) in [4.78, 5) is 14.3. The molecule has 3 rings (SSSR count). The molecule has 1 aromatic rings. The molecule has 104 valence electrons. The minimum Gasteiger partial charge on any atom is -0.308 e. The Morgan fingerprint density at radius 1 is 0.950 bits per heavy atom. The zero-order valence-electron chi connectivity index (χ0n) is 11.8. The average molecular weight is 267 g/mol. The molecule has 20 heavy (non-hydrogen) atoms. The smallest absolute Gasteiger partial charge is 0.227 e. The summed E-state index contributed by atoms with van der Waals surface area (Å²) in [5.41, 5.74) is 3.75. The van der Waals surface area contributed by atoms with Crippen molar-refractivity contribution in [1.29, 1.82) is 0 Å². The first-order valence-corrected chi connectivity index (χ1v) is 7.58. The van der Waals surface area contributed by atoms with E-state index in [0.717, 1.165) is 19.3 Å². The average Bonchev–Trinajstić information content (AvgIpc) is 2.51. The van der Waals surface area contributed by atoms with Crippen molar-refractivity contribution in [2.24, 2.45) is 0 Å². The lowest BCUT2D eigenvalue weighted by Crippen LogP contribution is -2.33. The van der Waals surface area contributed by atoms with E-state index in [-0.39, 0.29) is 5.91 Å². The van der Waals surface area contributed by atoms with Crippen LogP contribution in [-0.2, 0) is 11.3 Å². The molecule has 1 aliphatic heterocycles. The Kier molecular flexibility index (Phi) is 4.00. The summed E-state index contributed by atoms with van der Waals surface area (Å²) < 4.78 is 0. The summed E-state index contributed by atoms with van der Waals surface area (Å²) in [5, 5.41) is 0. The molecule has 1 amide bonds. The first-order valence-electron chi connectivity index (χ1n) is 7.58. The third kappa shape index (κ3) is 2.84. The molecule has 0 bridgehead atoms. The van der Waals surface area contributed by atoms with Gasteiger partial charge in [0.1, 0.15) is 0 Å². The minimum absolute atomic E-state index is 0.262. The van der Waals surface area contributed by atoms with Gasteiger partial charge in [-0.1, -0.05) is 42.5 Å². The quantitative estimate of drug-likeness (QED) is 0.804. The van der Waals surface area contributed by atoms with E-state index in [1.165, 1.54) is 29.7 Å². The van der Waals surface area contributed by atoms with Gasteiger partial charge in [0.05, 0.1) is 6.54 Å². The molecule has 0 unspecified atom stereocenters. The minimum atomic E-state index is 0.262. The second-order valence-corrected chi connectivity index (χ2v) is 5.57. The summed E-state index contributed by atoms with van der Waals surface area (Å²) in [6.45, 7) is 0.697. The van der Waals surface area contributed by atoms with Gasteiger partial charge in [-0.15, -0.1) is 0 Å². The summed E-state index contributed by atoms with van der Waals surface area (Å²) in [5.74, 6) is 0.262. The van der Waals surface area contributed by atoms with Crippen molar-refractivity contribution in [3.63, 3.8) is 0 Å². The zero-order valence-corrected chi connectivity index (χ0v) is 11.8. The Balaban J connectivity index is 1.85. The van der Waals surface area contributed by atoms with Gasteiger partial charge in [-0.25, -0.2) is 0 Å². The van der Waals surface area contributed by atoms with Gasteiger partial charge < -0.3 is 4.90 Å². The topological polar surface area (TPSA) is 20.3 Å². The molecule has 2 aliphatic rings. The zero-order chi connectivity index (χ0) is 13.8. The molecule has 0 atom stereocenters. The van der Waals surface area contributed by atoms with Crippen LogP contribution in [-0.4, -0.2) is 10.8 Å². The predicted molar refractivity (Wildman–Crippen MR) is 80.9 cm³/mol. The Hall–Kier alpha value is -1.83. The van der Waals surface area contributed by atoms with Crippen molar-refractivity contribution in [2.75, 3.05) is 0 Å². The fraction of sp³-hybridized carbons (Fsp3) is 0.389. The van der Waals surface area contributed by atoms with Crippen molar-refractivity contribution < 1.29 is 4.79 Å². The van der Waals surface area contributed by atoms with Gasteiger partial charge in [-0.05, 0) is 43.2 Å². The van der Waals surface area contributed by atoms with Crippen LogP contribution >= 0.6 is 0 Å². The Morgan fingerprint density at radius 3 is 2.55 bits per heavy atom. The number of hydrogen-bond donors (Lipinski definition) is 0. The van der Waals surface area contributed by atoms with E-state index >= 15 is 0 Å². The van der Waals surface area contributed by atoms with E-state index in [1.54, 1.807) is 0 Å². The fourth-order valence-corrected chi connectivity index (χ4v) is 3.03. The lowest BCUT2D eigenvalue weighted by molar-refractivity contribution is -0.130. The molecule has 2 heteroatoms. The maximum absolute atomic E-state index is 12.3. The lowest BCUT2D eigenvalue weighted by atomic mass is 9.93. The number of amides is 1. The highest BCUT2D eigenvalue weighted by atomic mass is 16.2. The first kappa shape index (κ1) is 13.2. The molecule has 0 fully saturated rings. The summed E-state index contributed by atoms with van der Waals surface area (Å²) in [6.07, 6.45) is 10.9. The molecule has 0 N–H and O–H groups in total. The molecule has 0 radical (unpaired) electrons. The summed E-state index contributed by atoms with van der Waals surface area (Å²) in [7, 11) is 0. The van der Waals surface area contributed by atoms with Crippen molar-refractivity contribution in [3.05, 3.63) is 59.3 Å². The van der Waals surface area contributed by atoms with Crippen LogP contribution in [0.4, 0.5) is 0 Å². The van der Waals surface area contributed by atoms with Gasteiger partial charge in [-0.2, -0.15) is 0 Å². The van der Waals surface area contributed by atoms with Crippen molar-refractivity contribution in [3.8, 4) is 0 Å². The van der Waals surface area contributed by atoms with Gasteiger partial charge in [0.25, 0.3) is 0 Å². The predicted octanol–water partition coefficient (Wildman–Crippen LogP) is 4.19. The van der Waals surface area contributed by atoms with Crippen LogP contribution in [0.15, 0.2) is 53.8 Å². The number of nitrogens with zero attached hydrogens (tertiary/aromatic N) is 1. The van der Waals surface area contributed by atoms with Crippen LogP contribution in [0.25, 0.3) is 0 Å². The van der Waals surface area contributed by atoms with E-state index in [2.05, 4.69) is 24.3 Å². The highest BCUT2D eigenvalue weighted by Gasteiger charge is 2.24. The number of carbonyl (C=O) groups is 1. The Morgan fingerprint density at radius 2 is 1.80 bits per heavy atom. The number of rotatable bonds is 3. The van der Waals surface area contributed by atoms with Gasteiger partial charge in [0.2, 0.25) is 5.91 Å². The lowest BCUT2D eigenvalue weighted by Gasteiger charge is -2.31. The van der Waals surface area contributed by atoms with E-state index in [9.17, 15) is 4.79 Å². The molecule has 1 aromatic carbocycles. The highest BCUT2D eigenvalue weighted by molar-refractivity contribution is 5.80. The van der Waals surface area contributed by atoms with Crippen LogP contribution < -0.4 is 0 Å². The SMILES string of the molecule is O=C1CCC=C(C2=CCCCC2)N1Cc1ccccc1. The maximum Gasteiger partial charge on any atom is 0.227 e. The Labute approximate surface area is 120 Å². The molecule has 1 aliphatic carbocycles. The molecule has 0 saturated carbocycles. The number of benzene rings is 1. The first-order chi connectivity index (χ1) is 9.84. The highest BCUT2D eigenvalue weighted by Crippen LogP contribution is 2.30. The van der Waals surface area contributed by atoms with Crippen LogP contribution in [0.1, 0.15) is 44.1 Å². The van der Waals surface area contributed by atoms with Gasteiger partial charge in [0.15, 0.2) is 0 Å². The fourth-order valence-electron chi connectivity index (χ4n) is 3.03. The van der Waals surface area contributed by atoms with Crippen LogP contribution in [0.2, 0.25) is 0 Å². The van der Waals surface area contributed by atoms with E-state index < -0.39 is 0 Å². The largest absolute Gasteiger partial charge is 0.308 e. The normalized spacial score (nSPS) is 19.6. The summed E-state index contributed by atoms with van der Waals surface area (Å²) in [6, 6.07) is 10.3. The standard InChI is InChI=1S/C18H21NO/c20-18-13-7-12-17(16-10-5-2-6-11-16)19(18)14-15-8-3-1-4-9-15/h1,3-4,8-10,12H,2,5-7,11,13-14H2. The number of allylic oxidation sites excluding steroid dienone is 3. The second kappa shape index (κ2) is 6.08. The van der Waals surface area contributed by atoms with Crippen molar-refractivity contribution >= 4 is 5.91 Å². The van der Waals surface area contributed by atoms with Gasteiger partial charge >= 0.3 is 0 Å². The van der Waals surface area contributed by atoms with Crippen LogP contribution in [0.5, 0.6) is 0 Å². The molecule has 2 nitrogen and oxygen atoms in total. The third-order valence-electron chi connectivity index (χ3n) is 4.09. The van der Waals surface area contributed by atoms with E-state index in [1.807, 2.05) is 23.1 Å². The van der Waals surface area contributed by atoms with Gasteiger partial charge in [-0.3, -0.25) is 4.79 Å².